The van der Waals surface area contributed by atoms with Crippen LogP contribution in [0, 0.1) is 17.3 Å². The van der Waals surface area contributed by atoms with E-state index in [1.165, 1.54) is 0 Å². The largest absolute Gasteiger partial charge is 0.466 e. The van der Waals surface area contributed by atoms with E-state index in [0.29, 0.717) is 18.8 Å². The summed E-state index contributed by atoms with van der Waals surface area (Å²) in [5, 5.41) is 0. The van der Waals surface area contributed by atoms with Gasteiger partial charge in [0.05, 0.1) is 19.1 Å². The van der Waals surface area contributed by atoms with Crippen LogP contribution in [0.25, 0.3) is 0 Å². The van der Waals surface area contributed by atoms with Gasteiger partial charge in [-0.1, -0.05) is 19.9 Å². The Balaban J connectivity index is 2.71. The van der Waals surface area contributed by atoms with Gasteiger partial charge in [-0.25, -0.2) is 4.79 Å². The second kappa shape index (κ2) is 5.55. The van der Waals surface area contributed by atoms with E-state index >= 15 is 0 Å². The van der Waals surface area contributed by atoms with Crippen molar-refractivity contribution in [1.29, 1.82) is 0 Å². The highest BCUT2D eigenvalue weighted by molar-refractivity contribution is 5.88. The summed E-state index contributed by atoms with van der Waals surface area (Å²) >= 11 is 0. The van der Waals surface area contributed by atoms with E-state index < -0.39 is 0 Å². The van der Waals surface area contributed by atoms with Gasteiger partial charge in [0.1, 0.15) is 0 Å². The smallest absolute Gasteiger partial charge is 0.333 e. The number of allylic oxidation sites excluding steroid dienone is 1. The van der Waals surface area contributed by atoms with Crippen molar-refractivity contribution in [3.8, 4) is 0 Å². The van der Waals surface area contributed by atoms with Crippen molar-refractivity contribution < 1.29 is 19.1 Å². The van der Waals surface area contributed by atoms with Crippen LogP contribution in [-0.2, 0) is 19.1 Å². The van der Waals surface area contributed by atoms with E-state index in [0.717, 1.165) is 0 Å². The van der Waals surface area contributed by atoms with E-state index in [1.807, 2.05) is 19.9 Å². The summed E-state index contributed by atoms with van der Waals surface area (Å²) in [4.78, 5) is 23.3. The van der Waals surface area contributed by atoms with Crippen molar-refractivity contribution >= 4 is 11.9 Å². The van der Waals surface area contributed by atoms with E-state index in [-0.39, 0.29) is 29.2 Å². The molecule has 0 heterocycles. The molecule has 0 unspecified atom stereocenters. The highest BCUT2D eigenvalue weighted by Gasteiger charge is 2.61. The van der Waals surface area contributed by atoms with Crippen LogP contribution in [0.15, 0.2) is 11.6 Å². The maximum absolute atomic E-state index is 11.7. The van der Waals surface area contributed by atoms with E-state index in [4.69, 9.17) is 9.47 Å². The predicted octanol–water partition coefficient (Wildman–Crippen LogP) is 2.33. The lowest BCUT2D eigenvalue weighted by Gasteiger charge is -2.02. The second-order valence-electron chi connectivity index (χ2n) is 5.15. The first-order valence-electron chi connectivity index (χ1n) is 6.38. The SMILES string of the molecule is CCOC(=O)/C(C)=C/[C@H]1[C@@H](C(=O)OCC)C1(C)C. The minimum absolute atomic E-state index is 0.0564. The maximum Gasteiger partial charge on any atom is 0.333 e. The average molecular weight is 254 g/mol. The fraction of sp³-hybridized carbons (Fsp3) is 0.714. The van der Waals surface area contributed by atoms with Gasteiger partial charge in [0, 0.05) is 5.57 Å². The van der Waals surface area contributed by atoms with Crippen molar-refractivity contribution in [2.24, 2.45) is 17.3 Å². The molecule has 0 aromatic rings. The molecule has 0 bridgehead atoms. The Kier molecular flexibility index (Phi) is 4.54. The molecule has 0 aromatic heterocycles. The van der Waals surface area contributed by atoms with Gasteiger partial charge in [-0.3, -0.25) is 4.79 Å². The first-order chi connectivity index (χ1) is 8.36. The summed E-state index contributed by atoms with van der Waals surface area (Å²) in [6, 6.07) is 0. The molecule has 0 aromatic carbocycles. The van der Waals surface area contributed by atoms with Gasteiger partial charge >= 0.3 is 11.9 Å². The Morgan fingerprint density at radius 2 is 1.72 bits per heavy atom. The Morgan fingerprint density at radius 3 is 2.22 bits per heavy atom. The zero-order valence-corrected chi connectivity index (χ0v) is 11.8. The minimum Gasteiger partial charge on any atom is -0.466 e. The van der Waals surface area contributed by atoms with Gasteiger partial charge in [0.2, 0.25) is 0 Å². The Morgan fingerprint density at radius 1 is 1.17 bits per heavy atom. The molecule has 0 aliphatic heterocycles. The van der Waals surface area contributed by atoms with Gasteiger partial charge < -0.3 is 9.47 Å². The Labute approximate surface area is 108 Å². The van der Waals surface area contributed by atoms with Gasteiger partial charge in [-0.2, -0.15) is 0 Å². The molecule has 1 aliphatic carbocycles. The number of hydrogen-bond donors (Lipinski definition) is 0. The van der Waals surface area contributed by atoms with Crippen LogP contribution in [0.2, 0.25) is 0 Å². The summed E-state index contributed by atoms with van der Waals surface area (Å²) in [6.45, 7) is 10.0. The van der Waals surface area contributed by atoms with E-state index in [1.54, 1.807) is 20.8 Å². The van der Waals surface area contributed by atoms with Crippen LogP contribution in [0.1, 0.15) is 34.6 Å². The first kappa shape index (κ1) is 14.7. The summed E-state index contributed by atoms with van der Waals surface area (Å²) < 4.78 is 9.96. The monoisotopic (exact) mass is 254 g/mol. The van der Waals surface area contributed by atoms with Gasteiger partial charge in [-0.15, -0.1) is 0 Å². The molecule has 0 radical (unpaired) electrons. The molecule has 1 saturated carbocycles. The van der Waals surface area contributed by atoms with Gasteiger partial charge in [0.15, 0.2) is 0 Å². The first-order valence-corrected chi connectivity index (χ1v) is 6.38. The number of ether oxygens (including phenoxy) is 2. The molecule has 18 heavy (non-hydrogen) atoms. The molecular weight excluding hydrogens is 232 g/mol. The van der Waals surface area contributed by atoms with E-state index in [9.17, 15) is 9.59 Å². The lowest BCUT2D eigenvalue weighted by molar-refractivity contribution is -0.145. The zero-order chi connectivity index (χ0) is 13.9. The van der Waals surface area contributed by atoms with Gasteiger partial charge in [0.25, 0.3) is 0 Å². The fourth-order valence-corrected chi connectivity index (χ4v) is 2.25. The van der Waals surface area contributed by atoms with Crippen LogP contribution in [0.5, 0.6) is 0 Å². The average Bonchev–Trinajstić information content (AvgIpc) is 2.81. The number of hydrogen-bond acceptors (Lipinski definition) is 4. The predicted molar refractivity (Wildman–Crippen MR) is 67.8 cm³/mol. The van der Waals surface area contributed by atoms with Crippen LogP contribution in [0.4, 0.5) is 0 Å². The molecule has 0 amide bonds. The summed E-state index contributed by atoms with van der Waals surface area (Å²) in [5.74, 6) is -0.592. The molecule has 0 spiro atoms. The lowest BCUT2D eigenvalue weighted by Crippen LogP contribution is -2.10. The van der Waals surface area contributed by atoms with E-state index in [2.05, 4.69) is 0 Å². The molecule has 1 aliphatic rings. The maximum atomic E-state index is 11.7. The normalized spacial score (nSPS) is 25.5. The number of esters is 2. The Hall–Kier alpha value is -1.32. The fourth-order valence-electron chi connectivity index (χ4n) is 2.25. The second-order valence-corrected chi connectivity index (χ2v) is 5.15. The standard InChI is InChI=1S/C14H22O4/c1-6-17-12(15)9(3)8-10-11(14(10,4)5)13(16)18-7-2/h8,10-11H,6-7H2,1-5H3/b9-8+/t10-,11-/m0/s1. The van der Waals surface area contributed by atoms with Crippen molar-refractivity contribution in [2.75, 3.05) is 13.2 Å². The molecule has 4 nitrogen and oxygen atoms in total. The van der Waals surface area contributed by atoms with Crippen LogP contribution in [-0.4, -0.2) is 25.2 Å². The van der Waals surface area contributed by atoms with Crippen molar-refractivity contribution in [2.45, 2.75) is 34.6 Å². The third kappa shape index (κ3) is 2.92. The Bertz CT molecular complexity index is 368. The highest BCUT2D eigenvalue weighted by atomic mass is 16.5. The summed E-state index contributed by atoms with van der Waals surface area (Å²) in [7, 11) is 0. The van der Waals surface area contributed by atoms with Crippen molar-refractivity contribution in [3.05, 3.63) is 11.6 Å². The van der Waals surface area contributed by atoms with Crippen LogP contribution < -0.4 is 0 Å². The van der Waals surface area contributed by atoms with Gasteiger partial charge in [-0.05, 0) is 32.1 Å². The molecule has 0 saturated heterocycles. The molecule has 1 rings (SSSR count). The summed E-state index contributed by atoms with van der Waals surface area (Å²) in [6.07, 6.45) is 1.83. The van der Waals surface area contributed by atoms with Crippen molar-refractivity contribution in [1.82, 2.24) is 0 Å². The quantitative estimate of drug-likeness (QED) is 0.558. The number of rotatable bonds is 5. The van der Waals surface area contributed by atoms with Crippen molar-refractivity contribution in [3.63, 3.8) is 0 Å². The molecular formula is C14H22O4. The lowest BCUT2D eigenvalue weighted by atomic mass is 10.1. The summed E-state index contributed by atoms with van der Waals surface area (Å²) in [5.41, 5.74) is 0.418. The zero-order valence-electron chi connectivity index (χ0n) is 11.8. The molecule has 4 heteroatoms. The molecule has 2 atom stereocenters. The third-order valence-corrected chi connectivity index (χ3v) is 3.48. The van der Waals surface area contributed by atoms with Crippen LogP contribution >= 0.6 is 0 Å². The third-order valence-electron chi connectivity index (χ3n) is 3.48. The number of carbonyl (C=O) groups excluding carboxylic acids is 2. The minimum atomic E-state index is -0.317. The number of carbonyl (C=O) groups is 2. The molecule has 0 N–H and O–H groups in total. The highest BCUT2D eigenvalue weighted by Crippen LogP contribution is 2.59. The van der Waals surface area contributed by atoms with Crippen LogP contribution in [0.3, 0.4) is 0 Å². The topological polar surface area (TPSA) is 52.6 Å². The molecule has 1 fully saturated rings. The molecule has 102 valence electrons.